The maximum atomic E-state index is 12.1. The van der Waals surface area contributed by atoms with E-state index in [1.807, 2.05) is 25.1 Å². The molecule has 0 amide bonds. The maximum Gasteiger partial charge on any atom is 0.205 e. The highest BCUT2D eigenvalue weighted by atomic mass is 79.9. The van der Waals surface area contributed by atoms with Crippen LogP contribution >= 0.6 is 27.3 Å². The van der Waals surface area contributed by atoms with Gasteiger partial charge in [-0.1, -0.05) is 11.6 Å². The van der Waals surface area contributed by atoms with E-state index in [1.54, 1.807) is 12.1 Å². The molecule has 2 aromatic rings. The van der Waals surface area contributed by atoms with Crippen LogP contribution in [0.2, 0.25) is 0 Å². The van der Waals surface area contributed by atoms with E-state index < -0.39 is 0 Å². The zero-order chi connectivity index (χ0) is 11.7. The number of nitrogens with two attached hydrogens (primary N) is 1. The van der Waals surface area contributed by atoms with Crippen LogP contribution in [0.15, 0.2) is 34.1 Å². The van der Waals surface area contributed by atoms with Crippen LogP contribution in [-0.2, 0) is 0 Å². The maximum absolute atomic E-state index is 12.1. The van der Waals surface area contributed by atoms with Gasteiger partial charge in [0.15, 0.2) is 0 Å². The molecule has 2 N–H and O–H groups in total. The van der Waals surface area contributed by atoms with Crippen LogP contribution < -0.4 is 5.73 Å². The summed E-state index contributed by atoms with van der Waals surface area (Å²) in [5.41, 5.74) is 7.95. The van der Waals surface area contributed by atoms with Crippen molar-refractivity contribution in [1.29, 1.82) is 0 Å². The third-order valence-corrected chi connectivity index (χ3v) is 3.87. The van der Waals surface area contributed by atoms with E-state index in [-0.39, 0.29) is 5.78 Å². The van der Waals surface area contributed by atoms with Crippen molar-refractivity contribution in [3.8, 4) is 0 Å². The number of carbonyl (C=O) groups is 1. The molecule has 0 radical (unpaired) electrons. The molecule has 0 atom stereocenters. The molecule has 16 heavy (non-hydrogen) atoms. The Hall–Kier alpha value is -1.13. The Morgan fingerprint density at radius 2 is 2.06 bits per heavy atom. The van der Waals surface area contributed by atoms with E-state index in [2.05, 4.69) is 15.9 Å². The molecule has 4 heteroatoms. The normalized spacial score (nSPS) is 10.4. The van der Waals surface area contributed by atoms with Crippen LogP contribution in [0.1, 0.15) is 20.8 Å². The molecule has 2 rings (SSSR count). The molecule has 0 bridgehead atoms. The quantitative estimate of drug-likeness (QED) is 0.679. The van der Waals surface area contributed by atoms with Crippen molar-refractivity contribution in [3.05, 3.63) is 50.1 Å². The van der Waals surface area contributed by atoms with Crippen molar-refractivity contribution < 1.29 is 4.79 Å². The fourth-order valence-electron chi connectivity index (χ4n) is 1.44. The molecule has 0 spiro atoms. The van der Waals surface area contributed by atoms with Crippen LogP contribution in [-0.4, -0.2) is 5.78 Å². The number of nitrogen functional groups attached to an aromatic ring is 1. The summed E-state index contributed by atoms with van der Waals surface area (Å²) in [4.78, 5) is 12.8. The molecule has 0 unspecified atom stereocenters. The van der Waals surface area contributed by atoms with Crippen molar-refractivity contribution in [2.75, 3.05) is 5.73 Å². The van der Waals surface area contributed by atoms with Gasteiger partial charge in [-0.05, 0) is 47.1 Å². The SMILES string of the molecule is Cc1ccc(N)c(C(=O)c2ccc(Br)s2)c1. The molecular formula is C12H10BrNOS. The Morgan fingerprint density at radius 1 is 1.31 bits per heavy atom. The van der Waals surface area contributed by atoms with E-state index >= 15 is 0 Å². The monoisotopic (exact) mass is 295 g/mol. The van der Waals surface area contributed by atoms with Crippen molar-refractivity contribution in [2.24, 2.45) is 0 Å². The van der Waals surface area contributed by atoms with Gasteiger partial charge >= 0.3 is 0 Å². The van der Waals surface area contributed by atoms with Gasteiger partial charge in [0.1, 0.15) is 0 Å². The van der Waals surface area contributed by atoms with Crippen LogP contribution in [0, 0.1) is 6.92 Å². The van der Waals surface area contributed by atoms with E-state index in [9.17, 15) is 4.79 Å². The van der Waals surface area contributed by atoms with Gasteiger partial charge in [-0.2, -0.15) is 0 Å². The number of anilines is 1. The fourth-order valence-corrected chi connectivity index (χ4v) is 2.78. The Balaban J connectivity index is 2.45. The summed E-state index contributed by atoms with van der Waals surface area (Å²) in [6.07, 6.45) is 0. The van der Waals surface area contributed by atoms with Crippen LogP contribution in [0.25, 0.3) is 0 Å². The van der Waals surface area contributed by atoms with Crippen molar-refractivity contribution in [1.82, 2.24) is 0 Å². The summed E-state index contributed by atoms with van der Waals surface area (Å²) in [6, 6.07) is 9.16. The molecule has 0 aliphatic rings. The van der Waals surface area contributed by atoms with Crippen molar-refractivity contribution >= 4 is 38.7 Å². The minimum Gasteiger partial charge on any atom is -0.398 e. The second kappa shape index (κ2) is 4.39. The number of aryl methyl sites for hydroxylation is 1. The fraction of sp³-hybridized carbons (Fsp3) is 0.0833. The van der Waals surface area contributed by atoms with Gasteiger partial charge in [-0.15, -0.1) is 11.3 Å². The summed E-state index contributed by atoms with van der Waals surface area (Å²) in [5, 5.41) is 0. The van der Waals surface area contributed by atoms with Gasteiger partial charge < -0.3 is 5.73 Å². The standard InChI is InChI=1S/C12H10BrNOS/c1-7-2-3-9(14)8(6-7)12(15)10-4-5-11(13)16-10/h2-6H,14H2,1H3. The lowest BCUT2D eigenvalue weighted by molar-refractivity contribution is 0.104. The average Bonchev–Trinajstić information content (AvgIpc) is 2.67. The largest absolute Gasteiger partial charge is 0.398 e. The number of carbonyl (C=O) groups excluding carboxylic acids is 1. The lowest BCUT2D eigenvalue weighted by Gasteiger charge is -2.04. The van der Waals surface area contributed by atoms with E-state index in [0.29, 0.717) is 16.1 Å². The number of ketones is 1. The molecule has 82 valence electrons. The summed E-state index contributed by atoms with van der Waals surface area (Å²) in [5.74, 6) is -0.0168. The first-order chi connectivity index (χ1) is 7.58. The number of hydrogen-bond donors (Lipinski definition) is 1. The predicted molar refractivity (Wildman–Crippen MR) is 71.0 cm³/mol. The second-order valence-corrected chi connectivity index (χ2v) is 5.99. The summed E-state index contributed by atoms with van der Waals surface area (Å²) in [7, 11) is 0. The molecule has 0 fully saturated rings. The second-order valence-electron chi connectivity index (χ2n) is 3.52. The van der Waals surface area contributed by atoms with E-state index in [1.165, 1.54) is 11.3 Å². The zero-order valence-electron chi connectivity index (χ0n) is 8.66. The summed E-state index contributed by atoms with van der Waals surface area (Å²) in [6.45, 7) is 1.94. The third kappa shape index (κ3) is 2.18. The van der Waals surface area contributed by atoms with E-state index in [0.717, 1.165) is 9.35 Å². The summed E-state index contributed by atoms with van der Waals surface area (Å²) >= 11 is 4.76. The van der Waals surface area contributed by atoms with Gasteiger partial charge in [0.2, 0.25) is 5.78 Å². The van der Waals surface area contributed by atoms with Gasteiger partial charge in [-0.25, -0.2) is 0 Å². The minimum atomic E-state index is -0.0168. The number of halogens is 1. The van der Waals surface area contributed by atoms with Crippen LogP contribution in [0.5, 0.6) is 0 Å². The topological polar surface area (TPSA) is 43.1 Å². The molecule has 0 saturated heterocycles. The Labute approximate surface area is 106 Å². The number of benzene rings is 1. The van der Waals surface area contributed by atoms with E-state index in [4.69, 9.17) is 5.73 Å². The highest BCUT2D eigenvalue weighted by Crippen LogP contribution is 2.26. The molecule has 1 aromatic heterocycles. The smallest absolute Gasteiger partial charge is 0.205 e. The van der Waals surface area contributed by atoms with Gasteiger partial charge in [-0.3, -0.25) is 4.79 Å². The van der Waals surface area contributed by atoms with Crippen molar-refractivity contribution in [2.45, 2.75) is 6.92 Å². The molecular weight excluding hydrogens is 286 g/mol. The molecule has 1 aromatic carbocycles. The average molecular weight is 296 g/mol. The van der Waals surface area contributed by atoms with Gasteiger partial charge in [0.05, 0.1) is 8.66 Å². The molecule has 0 aliphatic carbocycles. The van der Waals surface area contributed by atoms with Crippen LogP contribution in [0.4, 0.5) is 5.69 Å². The number of thiophene rings is 1. The van der Waals surface area contributed by atoms with Crippen LogP contribution in [0.3, 0.4) is 0 Å². The lowest BCUT2D eigenvalue weighted by Crippen LogP contribution is -2.03. The summed E-state index contributed by atoms with van der Waals surface area (Å²) < 4.78 is 0.946. The first-order valence-electron chi connectivity index (χ1n) is 4.74. The number of hydrogen-bond acceptors (Lipinski definition) is 3. The highest BCUT2D eigenvalue weighted by molar-refractivity contribution is 9.11. The zero-order valence-corrected chi connectivity index (χ0v) is 11.1. The molecule has 2 nitrogen and oxygen atoms in total. The Morgan fingerprint density at radius 3 is 2.69 bits per heavy atom. The Bertz CT molecular complexity index is 548. The third-order valence-electron chi connectivity index (χ3n) is 2.25. The molecule has 0 saturated carbocycles. The minimum absolute atomic E-state index is 0.0168. The number of rotatable bonds is 2. The first-order valence-corrected chi connectivity index (χ1v) is 6.35. The highest BCUT2D eigenvalue weighted by Gasteiger charge is 2.14. The Kier molecular flexibility index (Phi) is 3.12. The van der Waals surface area contributed by atoms with Gasteiger partial charge in [0.25, 0.3) is 0 Å². The predicted octanol–water partition coefficient (Wildman–Crippen LogP) is 3.63. The molecule has 1 heterocycles. The van der Waals surface area contributed by atoms with Crippen molar-refractivity contribution in [3.63, 3.8) is 0 Å². The van der Waals surface area contributed by atoms with Gasteiger partial charge in [0, 0.05) is 11.3 Å². The first kappa shape index (κ1) is 11.4. The lowest BCUT2D eigenvalue weighted by atomic mass is 10.0. The molecule has 0 aliphatic heterocycles.